The molecule has 4 bridgehead atoms. The van der Waals surface area contributed by atoms with E-state index in [1.807, 2.05) is 12.1 Å². The van der Waals surface area contributed by atoms with Crippen LogP contribution in [0.3, 0.4) is 0 Å². The quantitative estimate of drug-likeness (QED) is 0.783. The van der Waals surface area contributed by atoms with Crippen LogP contribution in [-0.2, 0) is 6.54 Å². The zero-order valence-electron chi connectivity index (χ0n) is 15.4. The molecule has 1 aliphatic heterocycles. The third-order valence-corrected chi connectivity index (χ3v) is 7.50. The minimum absolute atomic E-state index is 0.314. The van der Waals surface area contributed by atoms with Gasteiger partial charge in [0.2, 0.25) is 6.79 Å². The predicted octanol–water partition coefficient (Wildman–Crippen LogP) is 3.98. The second-order valence-electron chi connectivity index (χ2n) is 9.02. The molecule has 0 radical (unpaired) electrons. The van der Waals surface area contributed by atoms with Gasteiger partial charge in [-0.1, -0.05) is 6.07 Å². The highest BCUT2D eigenvalue weighted by Gasteiger charge is 2.53. The molecule has 1 heterocycles. The molecular formula is C21H28N2O2S. The summed E-state index contributed by atoms with van der Waals surface area (Å²) in [5, 5.41) is 7.77. The Balaban J connectivity index is 1.18. The second-order valence-corrected chi connectivity index (χ2v) is 9.42. The maximum absolute atomic E-state index is 5.61. The average Bonchev–Trinajstić information content (AvgIpc) is 3.06. The maximum atomic E-state index is 5.61. The molecule has 0 amide bonds. The first-order chi connectivity index (χ1) is 12.6. The molecule has 4 saturated carbocycles. The molecule has 1 aromatic carbocycles. The van der Waals surface area contributed by atoms with Gasteiger partial charge >= 0.3 is 0 Å². The van der Waals surface area contributed by atoms with Gasteiger partial charge in [-0.15, -0.1) is 0 Å². The van der Waals surface area contributed by atoms with Crippen molar-refractivity contribution in [1.29, 1.82) is 0 Å². The van der Waals surface area contributed by atoms with Crippen molar-refractivity contribution in [1.82, 2.24) is 10.6 Å². The van der Waals surface area contributed by atoms with E-state index < -0.39 is 0 Å². The summed E-state index contributed by atoms with van der Waals surface area (Å²) in [5.74, 6) is 4.57. The number of hydrogen-bond donors (Lipinski definition) is 2. The number of thiocarbonyl (C=S) groups is 1. The van der Waals surface area contributed by atoms with Gasteiger partial charge in [0.25, 0.3) is 0 Å². The Labute approximate surface area is 161 Å². The Bertz CT molecular complexity index is 685. The molecule has 5 heteroatoms. The summed E-state index contributed by atoms with van der Waals surface area (Å²) in [5.41, 5.74) is 1.63. The molecule has 1 atom stereocenters. The van der Waals surface area contributed by atoms with Crippen LogP contribution < -0.4 is 20.1 Å². The first-order valence-corrected chi connectivity index (χ1v) is 10.4. The largest absolute Gasteiger partial charge is 0.454 e. The fourth-order valence-corrected chi connectivity index (χ4v) is 6.59. The minimum Gasteiger partial charge on any atom is -0.454 e. The molecule has 26 heavy (non-hydrogen) atoms. The summed E-state index contributed by atoms with van der Waals surface area (Å²) >= 11 is 5.61. The Morgan fingerprint density at radius 2 is 1.77 bits per heavy atom. The lowest BCUT2D eigenvalue weighted by molar-refractivity contribution is -0.0672. The van der Waals surface area contributed by atoms with Crippen molar-refractivity contribution in [3.8, 4) is 11.5 Å². The van der Waals surface area contributed by atoms with Crippen LogP contribution in [0.15, 0.2) is 18.2 Å². The molecule has 0 aromatic heterocycles. The molecule has 4 fully saturated rings. The van der Waals surface area contributed by atoms with Gasteiger partial charge in [-0.3, -0.25) is 0 Å². The van der Waals surface area contributed by atoms with Crippen molar-refractivity contribution < 1.29 is 9.47 Å². The van der Waals surface area contributed by atoms with Crippen molar-refractivity contribution in [2.75, 3.05) is 6.79 Å². The lowest BCUT2D eigenvalue weighted by atomic mass is 9.48. The second kappa shape index (κ2) is 6.29. The van der Waals surface area contributed by atoms with Crippen LogP contribution in [0.1, 0.15) is 51.0 Å². The normalized spacial score (nSPS) is 34.6. The SMILES string of the molecule is C[C@@H](NC(=S)NCc1ccc2c(c1)OCO2)C12CC3CC(CC(C3)C1)C2. The van der Waals surface area contributed by atoms with Crippen molar-refractivity contribution in [2.45, 2.75) is 58.0 Å². The molecule has 5 aliphatic rings. The van der Waals surface area contributed by atoms with Crippen LogP contribution in [0, 0.1) is 23.2 Å². The smallest absolute Gasteiger partial charge is 0.231 e. The van der Waals surface area contributed by atoms with E-state index in [4.69, 9.17) is 21.7 Å². The first kappa shape index (κ1) is 16.7. The predicted molar refractivity (Wildman–Crippen MR) is 105 cm³/mol. The number of benzene rings is 1. The van der Waals surface area contributed by atoms with Crippen LogP contribution >= 0.6 is 12.2 Å². The Morgan fingerprint density at radius 1 is 1.12 bits per heavy atom. The molecule has 1 aromatic rings. The van der Waals surface area contributed by atoms with Crippen molar-refractivity contribution in [2.24, 2.45) is 23.2 Å². The number of ether oxygens (including phenoxy) is 2. The van der Waals surface area contributed by atoms with E-state index in [2.05, 4.69) is 23.6 Å². The monoisotopic (exact) mass is 372 g/mol. The highest BCUT2D eigenvalue weighted by molar-refractivity contribution is 7.80. The molecule has 0 spiro atoms. The zero-order chi connectivity index (χ0) is 17.7. The summed E-state index contributed by atoms with van der Waals surface area (Å²) in [4.78, 5) is 0. The number of rotatable bonds is 4. The third kappa shape index (κ3) is 2.94. The fraction of sp³-hybridized carbons (Fsp3) is 0.667. The third-order valence-electron chi connectivity index (χ3n) is 7.24. The summed E-state index contributed by atoms with van der Waals surface area (Å²) in [6, 6.07) is 6.51. The number of fused-ring (bicyclic) bond motifs is 1. The number of hydrogen-bond acceptors (Lipinski definition) is 3. The van der Waals surface area contributed by atoms with Crippen LogP contribution in [0.2, 0.25) is 0 Å². The van der Waals surface area contributed by atoms with Crippen LogP contribution in [0.4, 0.5) is 0 Å². The van der Waals surface area contributed by atoms with E-state index in [0.717, 1.165) is 39.9 Å². The molecule has 4 aliphatic carbocycles. The Morgan fingerprint density at radius 3 is 2.46 bits per heavy atom. The lowest BCUT2D eigenvalue weighted by Crippen LogP contribution is -2.57. The van der Waals surface area contributed by atoms with Gasteiger partial charge in [0.05, 0.1) is 0 Å². The van der Waals surface area contributed by atoms with Gasteiger partial charge in [0, 0.05) is 12.6 Å². The zero-order valence-corrected chi connectivity index (χ0v) is 16.2. The van der Waals surface area contributed by atoms with Gasteiger partial charge in [-0.25, -0.2) is 0 Å². The summed E-state index contributed by atoms with van der Waals surface area (Å²) < 4.78 is 10.8. The Kier molecular flexibility index (Phi) is 4.03. The van der Waals surface area contributed by atoms with E-state index in [-0.39, 0.29) is 0 Å². The molecule has 0 saturated heterocycles. The fourth-order valence-electron chi connectivity index (χ4n) is 6.34. The molecule has 4 nitrogen and oxygen atoms in total. The van der Waals surface area contributed by atoms with Crippen LogP contribution in [0.25, 0.3) is 0 Å². The number of nitrogens with one attached hydrogen (secondary N) is 2. The van der Waals surface area contributed by atoms with Crippen LogP contribution in [0.5, 0.6) is 11.5 Å². The van der Waals surface area contributed by atoms with Gasteiger partial charge < -0.3 is 20.1 Å². The van der Waals surface area contributed by atoms with Gasteiger partial charge in [0.15, 0.2) is 16.6 Å². The van der Waals surface area contributed by atoms with E-state index in [1.54, 1.807) is 0 Å². The summed E-state index contributed by atoms with van der Waals surface area (Å²) in [7, 11) is 0. The molecular weight excluding hydrogens is 344 g/mol. The highest BCUT2D eigenvalue weighted by Crippen LogP contribution is 2.61. The van der Waals surface area contributed by atoms with Crippen LogP contribution in [-0.4, -0.2) is 17.9 Å². The topological polar surface area (TPSA) is 42.5 Å². The molecule has 6 rings (SSSR count). The summed E-state index contributed by atoms with van der Waals surface area (Å²) in [6.45, 7) is 3.37. The van der Waals surface area contributed by atoms with Gasteiger partial charge in [-0.2, -0.15) is 0 Å². The van der Waals surface area contributed by atoms with Gasteiger partial charge in [-0.05, 0) is 98.5 Å². The lowest BCUT2D eigenvalue weighted by Gasteiger charge is -2.59. The maximum Gasteiger partial charge on any atom is 0.231 e. The minimum atomic E-state index is 0.314. The van der Waals surface area contributed by atoms with E-state index in [1.165, 1.54) is 38.5 Å². The van der Waals surface area contributed by atoms with E-state index in [9.17, 15) is 0 Å². The molecule has 2 N–H and O–H groups in total. The average molecular weight is 373 g/mol. The molecule has 140 valence electrons. The van der Waals surface area contributed by atoms with Crippen molar-refractivity contribution in [3.05, 3.63) is 23.8 Å². The van der Waals surface area contributed by atoms with Crippen molar-refractivity contribution in [3.63, 3.8) is 0 Å². The van der Waals surface area contributed by atoms with E-state index >= 15 is 0 Å². The van der Waals surface area contributed by atoms with E-state index in [0.29, 0.717) is 24.8 Å². The summed E-state index contributed by atoms with van der Waals surface area (Å²) in [6.07, 6.45) is 8.66. The van der Waals surface area contributed by atoms with Gasteiger partial charge in [0.1, 0.15) is 0 Å². The van der Waals surface area contributed by atoms with Crippen molar-refractivity contribution >= 4 is 17.3 Å². The Hall–Kier alpha value is -1.49. The standard InChI is InChI=1S/C21H28N2O2S/c1-13(21-8-15-4-16(9-21)6-17(5-15)10-21)23-20(26)22-11-14-2-3-18-19(7-14)25-12-24-18/h2-3,7,13,15-17H,4-6,8-12H2,1H3,(H2,22,23,26)/t13-,15?,16?,17?,21?/m1/s1. The first-order valence-electron chi connectivity index (χ1n) is 10.0. The molecule has 0 unspecified atom stereocenters. The highest BCUT2D eigenvalue weighted by atomic mass is 32.1.